The second-order valence-electron chi connectivity index (χ2n) is 5.29. The van der Waals surface area contributed by atoms with E-state index in [1.807, 2.05) is 20.8 Å². The number of amides is 1. The van der Waals surface area contributed by atoms with E-state index in [0.29, 0.717) is 11.5 Å². The second-order valence-corrected chi connectivity index (χ2v) is 6.75. The summed E-state index contributed by atoms with van der Waals surface area (Å²) in [6.07, 6.45) is 0. The Labute approximate surface area is 132 Å². The van der Waals surface area contributed by atoms with Gasteiger partial charge in [-0.2, -0.15) is 0 Å². The maximum atomic E-state index is 12.4. The topological polar surface area (TPSA) is 67.8 Å². The highest BCUT2D eigenvalue weighted by molar-refractivity contribution is 7.12. The first-order chi connectivity index (χ1) is 10.5. The number of carbonyl (C=O) groups is 1. The number of aryl methyl sites for hydroxylation is 2. The summed E-state index contributed by atoms with van der Waals surface area (Å²) in [5.41, 5.74) is 1.27. The van der Waals surface area contributed by atoms with Crippen LogP contribution < -0.4 is 14.8 Å². The lowest BCUT2D eigenvalue weighted by Crippen LogP contribution is -2.26. The molecule has 3 rings (SSSR count). The molecule has 0 spiro atoms. The Hall–Kier alpha value is -2.21. The molecule has 2 N–H and O–H groups in total. The smallest absolute Gasteiger partial charge is 0.255 e. The van der Waals surface area contributed by atoms with Crippen LogP contribution in [-0.2, 0) is 0 Å². The summed E-state index contributed by atoms with van der Waals surface area (Å²) >= 11 is 1.70. The van der Waals surface area contributed by atoms with Crippen molar-refractivity contribution in [3.63, 3.8) is 0 Å². The Kier molecular flexibility index (Phi) is 3.70. The van der Waals surface area contributed by atoms with Gasteiger partial charge in [-0.05, 0) is 32.4 Å². The molecule has 2 aromatic rings. The number of hydrogen-bond donors (Lipinski definition) is 2. The van der Waals surface area contributed by atoms with Crippen LogP contribution in [0.25, 0.3) is 0 Å². The molecule has 0 aliphatic carbocycles. The van der Waals surface area contributed by atoms with Crippen LogP contribution in [0.5, 0.6) is 17.2 Å². The minimum Gasteiger partial charge on any atom is -0.507 e. The van der Waals surface area contributed by atoms with Crippen LogP contribution in [0.3, 0.4) is 0 Å². The first kappa shape index (κ1) is 14.7. The van der Waals surface area contributed by atoms with Crippen LogP contribution in [0.1, 0.15) is 38.6 Å². The molecule has 1 atom stereocenters. The molecule has 0 fully saturated rings. The molecule has 0 saturated heterocycles. The lowest BCUT2D eigenvalue weighted by molar-refractivity contribution is 0.0937. The van der Waals surface area contributed by atoms with Gasteiger partial charge in [-0.1, -0.05) is 0 Å². The lowest BCUT2D eigenvalue weighted by Gasteiger charge is -2.15. The third kappa shape index (κ3) is 2.62. The normalized spacial score (nSPS) is 14.0. The highest BCUT2D eigenvalue weighted by Crippen LogP contribution is 2.37. The predicted molar refractivity (Wildman–Crippen MR) is 83.9 cm³/mol. The van der Waals surface area contributed by atoms with Gasteiger partial charge in [-0.15, -0.1) is 11.3 Å². The van der Waals surface area contributed by atoms with E-state index in [2.05, 4.69) is 11.4 Å². The monoisotopic (exact) mass is 319 g/mol. The number of fused-ring (bicyclic) bond motifs is 1. The van der Waals surface area contributed by atoms with E-state index in [1.54, 1.807) is 11.3 Å². The van der Waals surface area contributed by atoms with Crippen molar-refractivity contribution in [1.82, 2.24) is 5.32 Å². The number of aromatic hydroxyl groups is 1. The van der Waals surface area contributed by atoms with E-state index in [-0.39, 0.29) is 30.1 Å². The molecular weight excluding hydrogens is 302 g/mol. The van der Waals surface area contributed by atoms with Gasteiger partial charge in [0.15, 0.2) is 11.5 Å². The van der Waals surface area contributed by atoms with E-state index in [9.17, 15) is 9.90 Å². The highest BCUT2D eigenvalue weighted by atomic mass is 32.1. The number of ether oxygens (including phenoxy) is 2. The first-order valence-corrected chi connectivity index (χ1v) is 7.77. The summed E-state index contributed by atoms with van der Waals surface area (Å²) in [6, 6.07) is 4.85. The number of rotatable bonds is 3. The summed E-state index contributed by atoms with van der Waals surface area (Å²) < 4.78 is 10.4. The minimum atomic E-state index is -0.341. The van der Waals surface area contributed by atoms with Gasteiger partial charge in [0.2, 0.25) is 6.79 Å². The summed E-state index contributed by atoms with van der Waals surface area (Å²) in [6.45, 7) is 6.10. The number of thiophene rings is 1. The fraction of sp³-hybridized carbons (Fsp3) is 0.312. The molecule has 22 heavy (non-hydrogen) atoms. The first-order valence-electron chi connectivity index (χ1n) is 6.96. The van der Waals surface area contributed by atoms with Crippen molar-refractivity contribution < 1.29 is 19.4 Å². The van der Waals surface area contributed by atoms with Gasteiger partial charge >= 0.3 is 0 Å². The molecule has 0 radical (unpaired) electrons. The average molecular weight is 319 g/mol. The standard InChI is InChI=1S/C16H17NO4S/c1-8-4-11(10(3)22-8)9(2)17-16(19)12-5-14-15(6-13(12)18)21-7-20-14/h4-6,9,18H,7H2,1-3H3,(H,17,19)/t9-/m1/s1. The average Bonchev–Trinajstić information content (AvgIpc) is 3.03. The van der Waals surface area contributed by atoms with Gasteiger partial charge in [0.1, 0.15) is 5.75 Å². The Morgan fingerprint density at radius 1 is 1.27 bits per heavy atom. The van der Waals surface area contributed by atoms with Gasteiger partial charge < -0.3 is 19.9 Å². The molecule has 1 aromatic heterocycles. The van der Waals surface area contributed by atoms with Crippen molar-refractivity contribution in [2.24, 2.45) is 0 Å². The van der Waals surface area contributed by atoms with Gasteiger partial charge in [0.05, 0.1) is 11.6 Å². The number of benzene rings is 1. The largest absolute Gasteiger partial charge is 0.507 e. The zero-order chi connectivity index (χ0) is 15.9. The molecule has 1 aliphatic rings. The molecule has 1 aromatic carbocycles. The van der Waals surface area contributed by atoms with Crippen LogP contribution in [0.15, 0.2) is 18.2 Å². The maximum absolute atomic E-state index is 12.4. The lowest BCUT2D eigenvalue weighted by atomic mass is 10.1. The minimum absolute atomic E-state index is 0.101. The number of phenolic OH excluding ortho intramolecular Hbond substituents is 1. The quantitative estimate of drug-likeness (QED) is 0.911. The number of phenols is 1. The number of carbonyl (C=O) groups excluding carboxylic acids is 1. The fourth-order valence-electron chi connectivity index (χ4n) is 2.55. The van der Waals surface area contributed by atoms with Crippen molar-refractivity contribution >= 4 is 17.2 Å². The summed E-state index contributed by atoms with van der Waals surface area (Å²) in [4.78, 5) is 14.8. The Bertz CT molecular complexity index is 738. The molecule has 1 amide bonds. The van der Waals surface area contributed by atoms with Crippen LogP contribution in [0, 0.1) is 13.8 Å². The Morgan fingerprint density at radius 3 is 2.59 bits per heavy atom. The van der Waals surface area contributed by atoms with Gasteiger partial charge in [0.25, 0.3) is 5.91 Å². The molecule has 2 heterocycles. The molecule has 1 aliphatic heterocycles. The third-order valence-corrected chi connectivity index (χ3v) is 4.61. The van der Waals surface area contributed by atoms with E-state index >= 15 is 0 Å². The summed E-state index contributed by atoms with van der Waals surface area (Å²) in [5.74, 6) is 0.461. The van der Waals surface area contributed by atoms with E-state index < -0.39 is 0 Å². The number of nitrogens with one attached hydrogen (secondary N) is 1. The molecular formula is C16H17NO4S. The molecule has 116 valence electrons. The maximum Gasteiger partial charge on any atom is 0.255 e. The van der Waals surface area contributed by atoms with Crippen molar-refractivity contribution in [1.29, 1.82) is 0 Å². The van der Waals surface area contributed by atoms with Gasteiger partial charge in [-0.25, -0.2) is 0 Å². The second kappa shape index (κ2) is 5.53. The van der Waals surface area contributed by atoms with Gasteiger partial charge in [0, 0.05) is 21.9 Å². The Balaban J connectivity index is 1.81. The van der Waals surface area contributed by atoms with Gasteiger partial charge in [-0.3, -0.25) is 4.79 Å². The number of hydrogen-bond acceptors (Lipinski definition) is 5. The van der Waals surface area contributed by atoms with Crippen molar-refractivity contribution in [3.05, 3.63) is 39.1 Å². The van der Waals surface area contributed by atoms with Crippen LogP contribution in [0.4, 0.5) is 0 Å². The van der Waals surface area contributed by atoms with Crippen molar-refractivity contribution in [2.75, 3.05) is 6.79 Å². The third-order valence-electron chi connectivity index (χ3n) is 3.63. The fourth-order valence-corrected chi connectivity index (χ4v) is 3.57. The molecule has 0 unspecified atom stereocenters. The van der Waals surface area contributed by atoms with Crippen molar-refractivity contribution in [3.8, 4) is 17.2 Å². The zero-order valence-electron chi connectivity index (χ0n) is 12.6. The summed E-state index contributed by atoms with van der Waals surface area (Å²) in [7, 11) is 0. The highest BCUT2D eigenvalue weighted by Gasteiger charge is 2.22. The predicted octanol–water partition coefficient (Wildman–Crippen LogP) is 3.29. The molecule has 6 heteroatoms. The van der Waals surface area contributed by atoms with E-state index in [0.717, 1.165) is 5.56 Å². The molecule has 0 bridgehead atoms. The van der Waals surface area contributed by atoms with Crippen LogP contribution in [0.2, 0.25) is 0 Å². The van der Waals surface area contributed by atoms with Crippen LogP contribution in [-0.4, -0.2) is 17.8 Å². The van der Waals surface area contributed by atoms with Crippen molar-refractivity contribution in [2.45, 2.75) is 26.8 Å². The summed E-state index contributed by atoms with van der Waals surface area (Å²) in [5, 5.41) is 12.9. The zero-order valence-corrected chi connectivity index (χ0v) is 13.4. The SMILES string of the molecule is Cc1cc([C@@H](C)NC(=O)c2cc3c(cc2O)OCO3)c(C)s1. The van der Waals surface area contributed by atoms with E-state index in [1.165, 1.54) is 21.9 Å². The van der Waals surface area contributed by atoms with Crippen LogP contribution >= 0.6 is 11.3 Å². The Morgan fingerprint density at radius 2 is 1.95 bits per heavy atom. The molecule has 5 nitrogen and oxygen atoms in total. The van der Waals surface area contributed by atoms with E-state index in [4.69, 9.17) is 9.47 Å². The molecule has 0 saturated carbocycles.